The van der Waals surface area contributed by atoms with Gasteiger partial charge in [0.05, 0.1) is 12.1 Å². The lowest BCUT2D eigenvalue weighted by Gasteiger charge is -2.10. The Morgan fingerprint density at radius 2 is 1.62 bits per heavy atom. The van der Waals surface area contributed by atoms with Gasteiger partial charge in [0.1, 0.15) is 11.4 Å². The number of nitrogens with zero attached hydrogens (tertiary/aromatic N) is 2. The molecule has 0 bridgehead atoms. The van der Waals surface area contributed by atoms with Gasteiger partial charge < -0.3 is 0 Å². The highest BCUT2D eigenvalue weighted by molar-refractivity contribution is 6.05. The molecule has 3 heteroatoms. The fourth-order valence-electron chi connectivity index (χ4n) is 2.98. The molecule has 0 saturated carbocycles. The van der Waals surface area contributed by atoms with Crippen LogP contribution in [0.3, 0.4) is 0 Å². The molecule has 0 fully saturated rings. The molecule has 0 aliphatic carbocycles. The summed E-state index contributed by atoms with van der Waals surface area (Å²) < 4.78 is 4.31. The van der Waals surface area contributed by atoms with E-state index in [1.54, 1.807) is 0 Å². The van der Waals surface area contributed by atoms with Crippen molar-refractivity contribution in [2.45, 2.75) is 53.6 Å². The molecule has 0 radical (unpaired) electrons. The third-order valence-corrected chi connectivity index (χ3v) is 3.97. The largest absolute Gasteiger partial charge is 0.331 e. The Kier molecular flexibility index (Phi) is 4.31. The molecule has 0 aliphatic rings. The molecule has 0 spiro atoms. The van der Waals surface area contributed by atoms with E-state index in [1.807, 2.05) is 30.3 Å². The normalized spacial score (nSPS) is 11.4. The molecule has 1 aromatic heterocycles. The van der Waals surface area contributed by atoms with E-state index in [4.69, 9.17) is 0 Å². The van der Waals surface area contributed by atoms with E-state index in [0.717, 1.165) is 22.8 Å². The van der Waals surface area contributed by atoms with Crippen LogP contribution < -0.4 is 4.57 Å². The first-order valence-corrected chi connectivity index (χ1v) is 7.59. The zero-order valence-corrected chi connectivity index (χ0v) is 13.8. The molecule has 0 aliphatic heterocycles. The highest BCUT2D eigenvalue weighted by Gasteiger charge is 2.34. The first-order valence-electron chi connectivity index (χ1n) is 7.59. The van der Waals surface area contributed by atoms with Crippen molar-refractivity contribution in [3.8, 4) is 0 Å². The number of ketones is 1. The second-order valence-corrected chi connectivity index (χ2v) is 6.12. The lowest BCUT2D eigenvalue weighted by Crippen LogP contribution is -2.44. The van der Waals surface area contributed by atoms with Gasteiger partial charge in [-0.05, 0) is 27.7 Å². The topological polar surface area (TPSA) is 25.9 Å². The maximum atomic E-state index is 13.0. The van der Waals surface area contributed by atoms with Crippen LogP contribution in [-0.2, 0) is 0 Å². The van der Waals surface area contributed by atoms with Gasteiger partial charge in [-0.15, -0.1) is 0 Å². The van der Waals surface area contributed by atoms with Crippen LogP contribution in [0.15, 0.2) is 30.3 Å². The van der Waals surface area contributed by atoms with E-state index < -0.39 is 0 Å². The molecule has 0 unspecified atom stereocenters. The highest BCUT2D eigenvalue weighted by atomic mass is 16.1. The van der Waals surface area contributed by atoms with Gasteiger partial charge in [0.2, 0.25) is 0 Å². The van der Waals surface area contributed by atoms with Gasteiger partial charge in [0, 0.05) is 19.4 Å². The van der Waals surface area contributed by atoms with Gasteiger partial charge in [-0.25, -0.2) is 9.13 Å². The fraction of sp³-hybridized carbons (Fsp3) is 0.444. The van der Waals surface area contributed by atoms with Crippen molar-refractivity contribution < 1.29 is 9.36 Å². The van der Waals surface area contributed by atoms with Gasteiger partial charge in [-0.2, -0.15) is 0 Å². The Labute approximate surface area is 127 Å². The minimum Gasteiger partial charge on any atom is -0.280 e. The van der Waals surface area contributed by atoms with Crippen molar-refractivity contribution in [2.24, 2.45) is 0 Å². The smallest absolute Gasteiger partial charge is 0.280 e. The second kappa shape index (κ2) is 5.84. The standard InChI is InChI=1S/C18H25N2O/c1-12(2)19-14(5)15(6)20(13(3)4)18(19)17(21)16-10-8-7-9-11-16/h7-13H,1-6H3/q+1. The first-order chi connectivity index (χ1) is 9.86. The van der Waals surface area contributed by atoms with Crippen LogP contribution in [0.1, 0.15) is 67.3 Å². The van der Waals surface area contributed by atoms with E-state index in [1.165, 1.54) is 0 Å². The number of carbonyl (C=O) groups excluding carboxylic acids is 1. The molecule has 21 heavy (non-hydrogen) atoms. The zero-order valence-electron chi connectivity index (χ0n) is 13.8. The number of carbonyl (C=O) groups is 1. The Balaban J connectivity index is 2.72. The van der Waals surface area contributed by atoms with Crippen molar-refractivity contribution in [1.29, 1.82) is 0 Å². The summed E-state index contributed by atoms with van der Waals surface area (Å²) in [5, 5.41) is 0. The molecular weight excluding hydrogens is 260 g/mol. The van der Waals surface area contributed by atoms with E-state index >= 15 is 0 Å². The summed E-state index contributed by atoms with van der Waals surface area (Å²) in [6, 6.07) is 10.0. The summed E-state index contributed by atoms with van der Waals surface area (Å²) in [7, 11) is 0. The van der Waals surface area contributed by atoms with Crippen molar-refractivity contribution in [2.75, 3.05) is 0 Å². The highest BCUT2D eigenvalue weighted by Crippen LogP contribution is 2.20. The van der Waals surface area contributed by atoms with Gasteiger partial charge >= 0.3 is 5.82 Å². The molecule has 0 amide bonds. The summed E-state index contributed by atoms with van der Waals surface area (Å²) in [6.45, 7) is 12.7. The van der Waals surface area contributed by atoms with E-state index in [0.29, 0.717) is 0 Å². The average Bonchev–Trinajstić information content (AvgIpc) is 2.71. The number of hydrogen-bond donors (Lipinski definition) is 0. The quantitative estimate of drug-likeness (QED) is 0.620. The van der Waals surface area contributed by atoms with Gasteiger partial charge in [-0.1, -0.05) is 30.3 Å². The summed E-state index contributed by atoms with van der Waals surface area (Å²) in [5.41, 5.74) is 3.07. The van der Waals surface area contributed by atoms with Crippen LogP contribution in [0.25, 0.3) is 0 Å². The summed E-state index contributed by atoms with van der Waals surface area (Å²) >= 11 is 0. The first kappa shape index (κ1) is 15.5. The molecule has 1 heterocycles. The van der Waals surface area contributed by atoms with Gasteiger partial charge in [-0.3, -0.25) is 4.79 Å². The third-order valence-electron chi connectivity index (χ3n) is 3.97. The van der Waals surface area contributed by atoms with Crippen LogP contribution in [0.5, 0.6) is 0 Å². The summed E-state index contributed by atoms with van der Waals surface area (Å²) in [5.74, 6) is 0.871. The minimum absolute atomic E-state index is 0.0919. The number of aromatic nitrogens is 2. The van der Waals surface area contributed by atoms with Crippen molar-refractivity contribution in [3.05, 3.63) is 53.1 Å². The molecule has 3 nitrogen and oxygen atoms in total. The number of hydrogen-bond acceptors (Lipinski definition) is 1. The molecule has 0 atom stereocenters. The average molecular weight is 285 g/mol. The molecular formula is C18H25N2O+. The lowest BCUT2D eigenvalue weighted by molar-refractivity contribution is -0.722. The predicted molar refractivity (Wildman–Crippen MR) is 84.7 cm³/mol. The molecule has 0 N–H and O–H groups in total. The molecule has 0 saturated heterocycles. The zero-order chi connectivity index (χ0) is 15.7. The van der Waals surface area contributed by atoms with Crippen LogP contribution >= 0.6 is 0 Å². The Morgan fingerprint density at radius 1 is 1.05 bits per heavy atom. The molecule has 112 valence electrons. The van der Waals surface area contributed by atoms with Crippen LogP contribution in [-0.4, -0.2) is 10.4 Å². The van der Waals surface area contributed by atoms with Gasteiger partial charge in [0.15, 0.2) is 0 Å². The monoisotopic (exact) mass is 285 g/mol. The maximum absolute atomic E-state index is 13.0. The van der Waals surface area contributed by atoms with Crippen molar-refractivity contribution in [3.63, 3.8) is 0 Å². The maximum Gasteiger partial charge on any atom is 0.331 e. The Bertz CT molecular complexity index is 620. The van der Waals surface area contributed by atoms with E-state index in [-0.39, 0.29) is 17.9 Å². The Morgan fingerprint density at radius 3 is 2.10 bits per heavy atom. The summed E-state index contributed by atoms with van der Waals surface area (Å²) in [6.07, 6.45) is 0. The minimum atomic E-state index is 0.0919. The number of benzene rings is 1. The third kappa shape index (κ3) is 2.65. The number of rotatable bonds is 4. The van der Waals surface area contributed by atoms with Crippen LogP contribution in [0.4, 0.5) is 0 Å². The SMILES string of the molecule is Cc1c(C)[n+](C(C)C)c(C(=O)c2ccccc2)n1C(C)C. The van der Waals surface area contributed by atoms with Crippen molar-refractivity contribution in [1.82, 2.24) is 4.57 Å². The second-order valence-electron chi connectivity index (χ2n) is 6.12. The lowest BCUT2D eigenvalue weighted by atomic mass is 10.1. The van der Waals surface area contributed by atoms with Crippen molar-refractivity contribution >= 4 is 5.78 Å². The molecule has 1 aromatic carbocycles. The van der Waals surface area contributed by atoms with Crippen LogP contribution in [0, 0.1) is 13.8 Å². The Hall–Kier alpha value is -1.90. The fourth-order valence-corrected chi connectivity index (χ4v) is 2.98. The summed E-state index contributed by atoms with van der Waals surface area (Å²) in [4.78, 5) is 13.0. The van der Waals surface area contributed by atoms with E-state index in [9.17, 15) is 4.79 Å². The number of imidazole rings is 1. The van der Waals surface area contributed by atoms with Gasteiger partial charge in [0.25, 0.3) is 5.78 Å². The molecule has 2 aromatic rings. The van der Waals surface area contributed by atoms with Crippen LogP contribution in [0.2, 0.25) is 0 Å². The predicted octanol–water partition coefficient (Wildman–Crippen LogP) is 3.79. The molecule has 2 rings (SSSR count). The van der Waals surface area contributed by atoms with E-state index in [2.05, 4.69) is 50.7 Å².